The Balaban J connectivity index is 2.34. The lowest BCUT2D eigenvalue weighted by Crippen LogP contribution is -2.07. The molecule has 2 rings (SSSR count). The van der Waals surface area contributed by atoms with E-state index in [1.807, 2.05) is 25.1 Å². The van der Waals surface area contributed by atoms with Crippen molar-refractivity contribution in [1.82, 2.24) is 4.98 Å². The zero-order chi connectivity index (χ0) is 15.5. The van der Waals surface area contributed by atoms with Crippen molar-refractivity contribution in [1.29, 1.82) is 0 Å². The average Bonchev–Trinajstić information content (AvgIpc) is 2.40. The lowest BCUT2D eigenvalue weighted by Gasteiger charge is -2.13. The molecular weight excluding hydrogens is 301 g/mol. The van der Waals surface area contributed by atoms with E-state index in [1.54, 1.807) is 6.07 Å². The number of hydrogen-bond donors (Lipinski definition) is 1. The maximum Gasteiger partial charge on any atom is 0.416 e. The van der Waals surface area contributed by atoms with Crippen LogP contribution in [0.1, 0.15) is 24.5 Å². The summed E-state index contributed by atoms with van der Waals surface area (Å²) in [6, 6.07) is 9.21. The van der Waals surface area contributed by atoms with Gasteiger partial charge >= 0.3 is 6.18 Å². The van der Waals surface area contributed by atoms with Crippen molar-refractivity contribution < 1.29 is 13.2 Å². The minimum absolute atomic E-state index is 0.0818. The maximum absolute atomic E-state index is 12.8. The molecule has 0 fully saturated rings. The fraction of sp³-hybridized carbons (Fsp3) is 0.267. The van der Waals surface area contributed by atoms with Crippen LogP contribution in [0, 0.1) is 0 Å². The number of hydrogen-bond acceptors (Lipinski definition) is 2. The Hall–Kier alpha value is -1.75. The molecule has 0 amide bonds. The topological polar surface area (TPSA) is 24.9 Å². The molecular formula is C15H14ClF3N2. The molecule has 0 aliphatic heterocycles. The number of pyridine rings is 1. The molecule has 1 aromatic heterocycles. The van der Waals surface area contributed by atoms with Gasteiger partial charge in [-0.2, -0.15) is 13.2 Å². The summed E-state index contributed by atoms with van der Waals surface area (Å²) in [6.07, 6.45) is -2.68. The second-order valence-corrected chi connectivity index (χ2v) is 4.98. The Morgan fingerprint density at radius 3 is 2.57 bits per heavy atom. The summed E-state index contributed by atoms with van der Waals surface area (Å²) in [5, 5.41) is 2.72. The van der Waals surface area contributed by atoms with Crippen molar-refractivity contribution in [2.24, 2.45) is 0 Å². The van der Waals surface area contributed by atoms with Gasteiger partial charge in [-0.15, -0.1) is 0 Å². The van der Waals surface area contributed by atoms with Crippen LogP contribution in [0.5, 0.6) is 0 Å². The SMILES string of the molecule is CCCc1ccccc1Nc1cc(C(F)(F)F)cc(Cl)n1. The molecule has 0 saturated heterocycles. The smallest absolute Gasteiger partial charge is 0.340 e. The van der Waals surface area contributed by atoms with Crippen molar-refractivity contribution in [3.05, 3.63) is 52.7 Å². The molecule has 0 bridgehead atoms. The molecule has 6 heteroatoms. The summed E-state index contributed by atoms with van der Waals surface area (Å²) in [7, 11) is 0. The average molecular weight is 315 g/mol. The van der Waals surface area contributed by atoms with Gasteiger partial charge in [0.2, 0.25) is 0 Å². The molecule has 2 aromatic rings. The van der Waals surface area contributed by atoms with Crippen molar-refractivity contribution in [3.8, 4) is 0 Å². The quantitative estimate of drug-likeness (QED) is 0.759. The number of nitrogens with zero attached hydrogens (tertiary/aromatic N) is 1. The van der Waals surface area contributed by atoms with Gasteiger partial charge in [0.15, 0.2) is 0 Å². The van der Waals surface area contributed by atoms with E-state index in [0.717, 1.165) is 36.2 Å². The van der Waals surface area contributed by atoms with Crippen LogP contribution >= 0.6 is 11.6 Å². The number of benzene rings is 1. The van der Waals surface area contributed by atoms with Crippen LogP contribution in [0.3, 0.4) is 0 Å². The van der Waals surface area contributed by atoms with E-state index in [4.69, 9.17) is 11.6 Å². The second kappa shape index (κ2) is 6.35. The largest absolute Gasteiger partial charge is 0.416 e. The minimum Gasteiger partial charge on any atom is -0.340 e. The highest BCUT2D eigenvalue weighted by molar-refractivity contribution is 6.29. The molecule has 0 radical (unpaired) electrons. The number of para-hydroxylation sites is 1. The number of aryl methyl sites for hydroxylation is 1. The van der Waals surface area contributed by atoms with E-state index in [9.17, 15) is 13.2 Å². The third-order valence-corrected chi connectivity index (χ3v) is 3.11. The third-order valence-electron chi connectivity index (χ3n) is 2.92. The van der Waals surface area contributed by atoms with Crippen molar-refractivity contribution in [2.45, 2.75) is 25.9 Å². The van der Waals surface area contributed by atoms with Gasteiger partial charge in [-0.3, -0.25) is 0 Å². The van der Waals surface area contributed by atoms with Crippen molar-refractivity contribution in [2.75, 3.05) is 5.32 Å². The Labute approximate surface area is 126 Å². The Morgan fingerprint density at radius 1 is 1.19 bits per heavy atom. The lowest BCUT2D eigenvalue weighted by molar-refractivity contribution is -0.137. The highest BCUT2D eigenvalue weighted by Gasteiger charge is 2.31. The fourth-order valence-corrected chi connectivity index (χ4v) is 2.20. The predicted octanol–water partition coefficient (Wildman–Crippen LogP) is 5.45. The molecule has 0 unspecified atom stereocenters. The fourth-order valence-electron chi connectivity index (χ4n) is 1.99. The summed E-state index contributed by atoms with van der Waals surface area (Å²) < 4.78 is 38.3. The van der Waals surface area contributed by atoms with Gasteiger partial charge in [-0.1, -0.05) is 43.1 Å². The van der Waals surface area contributed by atoms with Crippen LogP contribution in [-0.2, 0) is 12.6 Å². The van der Waals surface area contributed by atoms with Crippen LogP contribution in [0.2, 0.25) is 5.15 Å². The van der Waals surface area contributed by atoms with Gasteiger partial charge < -0.3 is 5.32 Å². The van der Waals surface area contributed by atoms with Crippen LogP contribution in [0.15, 0.2) is 36.4 Å². The molecule has 0 atom stereocenters. The van der Waals surface area contributed by atoms with E-state index >= 15 is 0 Å². The summed E-state index contributed by atoms with van der Waals surface area (Å²) in [6.45, 7) is 2.04. The first-order valence-corrected chi connectivity index (χ1v) is 6.87. The normalized spacial score (nSPS) is 11.5. The molecule has 1 heterocycles. The maximum atomic E-state index is 12.8. The predicted molar refractivity (Wildman–Crippen MR) is 78.0 cm³/mol. The molecule has 1 aromatic carbocycles. The van der Waals surface area contributed by atoms with Gasteiger partial charge in [-0.25, -0.2) is 4.98 Å². The number of nitrogens with one attached hydrogen (secondary N) is 1. The van der Waals surface area contributed by atoms with Crippen LogP contribution < -0.4 is 5.32 Å². The standard InChI is InChI=1S/C15H14ClF3N2/c1-2-5-10-6-3-4-7-12(10)20-14-9-11(15(17,18)19)8-13(16)21-14/h3-4,6-9H,2,5H2,1H3,(H,20,21). The van der Waals surface area contributed by atoms with Gasteiger partial charge in [0.1, 0.15) is 11.0 Å². The zero-order valence-electron chi connectivity index (χ0n) is 11.3. The molecule has 21 heavy (non-hydrogen) atoms. The zero-order valence-corrected chi connectivity index (χ0v) is 12.1. The number of alkyl halides is 3. The first kappa shape index (κ1) is 15.6. The first-order chi connectivity index (χ1) is 9.90. The Kier molecular flexibility index (Phi) is 4.73. The Bertz CT molecular complexity index is 627. The summed E-state index contributed by atoms with van der Waals surface area (Å²) in [5.74, 6) is 0.0818. The van der Waals surface area contributed by atoms with Crippen molar-refractivity contribution >= 4 is 23.1 Å². The van der Waals surface area contributed by atoms with Gasteiger partial charge in [0.05, 0.1) is 5.56 Å². The Morgan fingerprint density at radius 2 is 1.90 bits per heavy atom. The van der Waals surface area contributed by atoms with Gasteiger partial charge in [-0.05, 0) is 30.2 Å². The van der Waals surface area contributed by atoms with Gasteiger partial charge in [0.25, 0.3) is 0 Å². The van der Waals surface area contributed by atoms with E-state index in [-0.39, 0.29) is 11.0 Å². The van der Waals surface area contributed by atoms with Gasteiger partial charge in [0, 0.05) is 5.69 Å². The number of anilines is 2. The van der Waals surface area contributed by atoms with E-state index in [1.165, 1.54) is 0 Å². The third kappa shape index (κ3) is 4.11. The summed E-state index contributed by atoms with van der Waals surface area (Å²) >= 11 is 5.67. The molecule has 0 saturated carbocycles. The molecule has 0 spiro atoms. The minimum atomic E-state index is -4.45. The van der Waals surface area contributed by atoms with Crippen LogP contribution in [0.4, 0.5) is 24.7 Å². The van der Waals surface area contributed by atoms with Crippen molar-refractivity contribution in [3.63, 3.8) is 0 Å². The first-order valence-electron chi connectivity index (χ1n) is 6.50. The highest BCUT2D eigenvalue weighted by atomic mass is 35.5. The van der Waals surface area contributed by atoms with E-state index in [0.29, 0.717) is 0 Å². The molecule has 0 aliphatic rings. The van der Waals surface area contributed by atoms with E-state index in [2.05, 4.69) is 10.3 Å². The highest BCUT2D eigenvalue weighted by Crippen LogP contribution is 2.33. The number of rotatable bonds is 4. The molecule has 112 valence electrons. The van der Waals surface area contributed by atoms with Crippen LogP contribution in [-0.4, -0.2) is 4.98 Å². The monoisotopic (exact) mass is 314 g/mol. The molecule has 1 N–H and O–H groups in total. The second-order valence-electron chi connectivity index (χ2n) is 4.59. The van der Waals surface area contributed by atoms with E-state index < -0.39 is 11.7 Å². The number of aromatic nitrogens is 1. The molecule has 2 nitrogen and oxygen atoms in total. The lowest BCUT2D eigenvalue weighted by atomic mass is 10.1. The molecule has 0 aliphatic carbocycles. The number of halogens is 4. The van der Waals surface area contributed by atoms with Crippen LogP contribution in [0.25, 0.3) is 0 Å². The summed E-state index contributed by atoms with van der Waals surface area (Å²) in [4.78, 5) is 3.90. The summed E-state index contributed by atoms with van der Waals surface area (Å²) in [5.41, 5.74) is 0.940.